The maximum atomic E-state index is 6.41. The van der Waals surface area contributed by atoms with Gasteiger partial charge in [-0.15, -0.1) is 0 Å². The minimum absolute atomic E-state index is 0.116. The van der Waals surface area contributed by atoms with Crippen LogP contribution in [0.15, 0.2) is 59.1 Å². The van der Waals surface area contributed by atoms with Crippen LogP contribution in [0.2, 0.25) is 10.0 Å². The highest BCUT2D eigenvalue weighted by atomic mass is 35.5. The van der Waals surface area contributed by atoms with Crippen LogP contribution in [0.3, 0.4) is 0 Å². The van der Waals surface area contributed by atoms with Crippen LogP contribution in [0.5, 0.6) is 0 Å². The summed E-state index contributed by atoms with van der Waals surface area (Å²) in [6.45, 7) is 1.63. The smallest absolute Gasteiger partial charge is 0.170 e. The summed E-state index contributed by atoms with van der Waals surface area (Å²) in [7, 11) is 4.09. The fraction of sp³-hybridized carbons (Fsp3) is 0.273. The topological polar surface area (TPSA) is 44.5 Å². The van der Waals surface area contributed by atoms with E-state index in [1.54, 1.807) is 12.3 Å². The summed E-state index contributed by atoms with van der Waals surface area (Å²) < 4.78 is 6.30. The van der Waals surface area contributed by atoms with E-state index in [1.807, 2.05) is 56.6 Å². The number of aromatic nitrogens is 1. The third-order valence-electron chi connectivity index (χ3n) is 5.12. The molecule has 0 spiro atoms. The second-order valence-corrected chi connectivity index (χ2v) is 8.60. The van der Waals surface area contributed by atoms with Gasteiger partial charge < -0.3 is 19.5 Å². The standard InChI is InChI=1S/C22H22Cl2N4OS/c1-27(2)12-13-28-21(20(26-22(28)30)16-8-3-4-11-25-16)18-10-9-17(29-18)14-6-5-7-15(23)19(14)24/h3-11,20-21H,12-13H2,1-2H3,(H,26,30)/t20-,21-/m0/s1. The van der Waals surface area contributed by atoms with Gasteiger partial charge in [0.2, 0.25) is 0 Å². The first-order valence-electron chi connectivity index (χ1n) is 9.62. The van der Waals surface area contributed by atoms with Gasteiger partial charge in [0.25, 0.3) is 0 Å². The Balaban J connectivity index is 1.72. The monoisotopic (exact) mass is 460 g/mol. The molecule has 0 saturated carbocycles. The van der Waals surface area contributed by atoms with E-state index >= 15 is 0 Å². The molecule has 0 aliphatic carbocycles. The summed E-state index contributed by atoms with van der Waals surface area (Å²) in [5.41, 5.74) is 1.68. The fourth-order valence-electron chi connectivity index (χ4n) is 3.61. The summed E-state index contributed by atoms with van der Waals surface area (Å²) >= 11 is 18.3. The molecule has 2 aromatic heterocycles. The molecule has 5 nitrogen and oxygen atoms in total. The molecule has 1 aromatic carbocycles. The lowest BCUT2D eigenvalue weighted by atomic mass is 10.0. The van der Waals surface area contributed by atoms with Gasteiger partial charge in [-0.3, -0.25) is 4.98 Å². The van der Waals surface area contributed by atoms with E-state index in [1.165, 1.54) is 0 Å². The molecule has 2 atom stereocenters. The zero-order valence-corrected chi connectivity index (χ0v) is 19.0. The minimum Gasteiger partial charge on any atom is -0.459 e. The van der Waals surface area contributed by atoms with Crippen molar-refractivity contribution in [2.75, 3.05) is 27.2 Å². The van der Waals surface area contributed by atoms with Crippen LogP contribution in [0.1, 0.15) is 23.5 Å². The fourth-order valence-corrected chi connectivity index (χ4v) is 4.34. The molecule has 1 N–H and O–H groups in total. The van der Waals surface area contributed by atoms with Gasteiger partial charge in [0.05, 0.1) is 21.8 Å². The molecule has 4 rings (SSSR count). The number of furan rings is 1. The summed E-state index contributed by atoms with van der Waals surface area (Å²) in [4.78, 5) is 8.85. The van der Waals surface area contributed by atoms with Crippen molar-refractivity contribution in [3.05, 3.63) is 76.2 Å². The van der Waals surface area contributed by atoms with E-state index in [2.05, 4.69) is 20.1 Å². The van der Waals surface area contributed by atoms with Crippen molar-refractivity contribution in [1.82, 2.24) is 20.1 Å². The van der Waals surface area contributed by atoms with Gasteiger partial charge in [-0.05, 0) is 62.7 Å². The maximum Gasteiger partial charge on any atom is 0.170 e. The molecular weight excluding hydrogens is 439 g/mol. The average Bonchev–Trinajstić information content (AvgIpc) is 3.33. The van der Waals surface area contributed by atoms with Gasteiger partial charge in [0, 0.05) is 24.8 Å². The van der Waals surface area contributed by atoms with E-state index in [-0.39, 0.29) is 12.1 Å². The predicted molar refractivity (Wildman–Crippen MR) is 125 cm³/mol. The molecule has 8 heteroatoms. The lowest BCUT2D eigenvalue weighted by Gasteiger charge is -2.27. The Morgan fingerprint density at radius 2 is 1.97 bits per heavy atom. The van der Waals surface area contributed by atoms with E-state index in [9.17, 15) is 0 Å². The van der Waals surface area contributed by atoms with Gasteiger partial charge >= 0.3 is 0 Å². The highest BCUT2D eigenvalue weighted by molar-refractivity contribution is 7.80. The molecule has 0 amide bonds. The zero-order chi connectivity index (χ0) is 21.3. The van der Waals surface area contributed by atoms with Gasteiger partial charge in [-0.1, -0.05) is 35.3 Å². The average molecular weight is 461 g/mol. The van der Waals surface area contributed by atoms with Crippen LogP contribution in [-0.2, 0) is 0 Å². The second-order valence-electron chi connectivity index (χ2n) is 7.43. The number of pyridine rings is 1. The van der Waals surface area contributed by atoms with E-state index < -0.39 is 0 Å². The lowest BCUT2D eigenvalue weighted by Crippen LogP contribution is -2.35. The SMILES string of the molecule is CN(C)CCN1C(=S)N[C@@H](c2ccccn2)[C@@H]1c1ccc(-c2cccc(Cl)c2Cl)o1. The number of halogens is 2. The molecule has 1 aliphatic rings. The van der Waals surface area contributed by atoms with E-state index in [4.69, 9.17) is 39.8 Å². The van der Waals surface area contributed by atoms with E-state index in [0.717, 1.165) is 30.1 Å². The molecule has 0 radical (unpaired) electrons. The normalized spacial score (nSPS) is 18.8. The molecular formula is C22H22Cl2N4OS. The zero-order valence-electron chi connectivity index (χ0n) is 16.7. The molecule has 0 unspecified atom stereocenters. The van der Waals surface area contributed by atoms with Crippen molar-refractivity contribution in [1.29, 1.82) is 0 Å². The third-order valence-corrected chi connectivity index (χ3v) is 6.29. The van der Waals surface area contributed by atoms with Crippen LogP contribution in [0.25, 0.3) is 11.3 Å². The lowest BCUT2D eigenvalue weighted by molar-refractivity contribution is 0.250. The van der Waals surface area contributed by atoms with Crippen molar-refractivity contribution in [2.24, 2.45) is 0 Å². The van der Waals surface area contributed by atoms with Gasteiger partial charge in [-0.2, -0.15) is 0 Å². The predicted octanol–water partition coefficient (Wildman–Crippen LogP) is 5.18. The first-order chi connectivity index (χ1) is 14.5. The first-order valence-corrected chi connectivity index (χ1v) is 10.8. The summed E-state index contributed by atoms with van der Waals surface area (Å²) in [5, 5.41) is 5.10. The number of nitrogens with one attached hydrogen (secondary N) is 1. The first kappa shape index (κ1) is 21.1. The highest BCUT2D eigenvalue weighted by Crippen LogP contribution is 2.41. The summed E-state index contributed by atoms with van der Waals surface area (Å²) in [5.74, 6) is 1.46. The van der Waals surface area contributed by atoms with Crippen molar-refractivity contribution >= 4 is 40.5 Å². The highest BCUT2D eigenvalue weighted by Gasteiger charge is 2.41. The molecule has 30 heavy (non-hydrogen) atoms. The Kier molecular flexibility index (Phi) is 6.29. The Morgan fingerprint density at radius 1 is 1.13 bits per heavy atom. The number of nitrogens with zero attached hydrogens (tertiary/aromatic N) is 3. The minimum atomic E-state index is -0.126. The third kappa shape index (κ3) is 4.18. The second kappa shape index (κ2) is 8.94. The van der Waals surface area contributed by atoms with Gasteiger partial charge in [0.15, 0.2) is 5.11 Å². The summed E-state index contributed by atoms with van der Waals surface area (Å²) in [6.07, 6.45) is 1.79. The summed E-state index contributed by atoms with van der Waals surface area (Å²) in [6, 6.07) is 15.1. The molecule has 3 aromatic rings. The molecule has 1 aliphatic heterocycles. The Morgan fingerprint density at radius 3 is 2.70 bits per heavy atom. The van der Waals surface area contributed by atoms with Crippen LogP contribution < -0.4 is 5.32 Å². The molecule has 156 valence electrons. The van der Waals surface area contributed by atoms with Gasteiger partial charge in [0.1, 0.15) is 17.6 Å². The number of rotatable bonds is 6. The van der Waals surface area contributed by atoms with Crippen LogP contribution in [-0.4, -0.2) is 47.1 Å². The van der Waals surface area contributed by atoms with Crippen molar-refractivity contribution in [3.8, 4) is 11.3 Å². The number of thiocarbonyl (C=S) groups is 1. The van der Waals surface area contributed by atoms with Crippen molar-refractivity contribution in [2.45, 2.75) is 12.1 Å². The molecule has 0 bridgehead atoms. The molecule has 1 fully saturated rings. The van der Waals surface area contributed by atoms with E-state index in [0.29, 0.717) is 20.9 Å². The maximum absolute atomic E-state index is 6.41. The number of hydrogen-bond acceptors (Lipinski definition) is 4. The Bertz CT molecular complexity index is 1040. The quantitative estimate of drug-likeness (QED) is 0.511. The molecule has 1 saturated heterocycles. The number of hydrogen-bond donors (Lipinski definition) is 1. The number of benzene rings is 1. The Labute approximate surface area is 191 Å². The van der Waals surface area contributed by atoms with Crippen LogP contribution >= 0.6 is 35.4 Å². The Hall–Kier alpha value is -2.12. The van der Waals surface area contributed by atoms with Crippen molar-refractivity contribution in [3.63, 3.8) is 0 Å². The largest absolute Gasteiger partial charge is 0.459 e. The van der Waals surface area contributed by atoms with Crippen LogP contribution in [0.4, 0.5) is 0 Å². The van der Waals surface area contributed by atoms with Gasteiger partial charge in [-0.25, -0.2) is 0 Å². The van der Waals surface area contributed by atoms with Crippen LogP contribution in [0, 0.1) is 0 Å². The number of likely N-dealkylation sites (N-methyl/N-ethyl adjacent to an activating group) is 1. The van der Waals surface area contributed by atoms with Crippen molar-refractivity contribution < 1.29 is 4.42 Å². The molecule has 3 heterocycles.